The minimum Gasteiger partial charge on any atom is -0.366 e. The number of rotatable bonds is 2. The summed E-state index contributed by atoms with van der Waals surface area (Å²) in [6.45, 7) is 0. The van der Waals surface area contributed by atoms with E-state index in [4.69, 9.17) is 5.73 Å². The van der Waals surface area contributed by atoms with Gasteiger partial charge in [0.25, 0.3) is 0 Å². The Labute approximate surface area is 120 Å². The van der Waals surface area contributed by atoms with E-state index in [1.54, 1.807) is 6.07 Å². The number of primary amides is 1. The molecule has 0 saturated carbocycles. The number of fused-ring (bicyclic) bond motifs is 2. The average Bonchev–Trinajstić information content (AvgIpc) is 3.09. The summed E-state index contributed by atoms with van der Waals surface area (Å²) in [5.41, 5.74) is 9.88. The molecule has 21 heavy (non-hydrogen) atoms. The van der Waals surface area contributed by atoms with Gasteiger partial charge in [0.2, 0.25) is 5.91 Å². The molecule has 4 N–H and O–H groups in total. The van der Waals surface area contributed by atoms with Crippen LogP contribution in [0.25, 0.3) is 33.2 Å². The molecule has 0 aliphatic heterocycles. The molecule has 102 valence electrons. The van der Waals surface area contributed by atoms with E-state index in [0.717, 1.165) is 33.2 Å². The van der Waals surface area contributed by atoms with E-state index in [1.165, 1.54) is 0 Å². The normalized spacial score (nSPS) is 11.2. The van der Waals surface area contributed by atoms with Crippen LogP contribution in [0.3, 0.4) is 0 Å². The molecular weight excluding hydrogens is 262 g/mol. The van der Waals surface area contributed by atoms with Crippen molar-refractivity contribution in [1.82, 2.24) is 9.97 Å². The van der Waals surface area contributed by atoms with E-state index in [-0.39, 0.29) is 0 Å². The molecule has 2 aromatic heterocycles. The number of H-pyrrole nitrogens is 2. The van der Waals surface area contributed by atoms with Crippen molar-refractivity contribution in [2.24, 2.45) is 5.73 Å². The summed E-state index contributed by atoms with van der Waals surface area (Å²) in [5.74, 6) is -0.414. The van der Waals surface area contributed by atoms with Crippen LogP contribution in [0.4, 0.5) is 0 Å². The van der Waals surface area contributed by atoms with E-state index in [0.29, 0.717) is 5.56 Å². The zero-order valence-corrected chi connectivity index (χ0v) is 11.2. The van der Waals surface area contributed by atoms with E-state index in [9.17, 15) is 4.79 Å². The van der Waals surface area contributed by atoms with Gasteiger partial charge in [0.05, 0.1) is 11.4 Å². The second-order valence-electron chi connectivity index (χ2n) is 5.08. The molecule has 0 saturated heterocycles. The number of nitrogens with one attached hydrogen (secondary N) is 2. The van der Waals surface area contributed by atoms with Crippen LogP contribution in [0.5, 0.6) is 0 Å². The van der Waals surface area contributed by atoms with Crippen LogP contribution >= 0.6 is 0 Å². The molecule has 2 aromatic carbocycles. The Balaban J connectivity index is 1.94. The van der Waals surface area contributed by atoms with E-state index >= 15 is 0 Å². The van der Waals surface area contributed by atoms with Crippen LogP contribution in [0.2, 0.25) is 0 Å². The second kappa shape index (κ2) is 4.24. The van der Waals surface area contributed by atoms with E-state index in [2.05, 4.69) is 22.1 Å². The van der Waals surface area contributed by atoms with Gasteiger partial charge in [-0.3, -0.25) is 4.79 Å². The molecule has 4 rings (SSSR count). The molecule has 0 radical (unpaired) electrons. The Hall–Kier alpha value is -3.01. The zero-order chi connectivity index (χ0) is 14.4. The fourth-order valence-electron chi connectivity index (χ4n) is 2.73. The molecule has 0 aliphatic rings. The first kappa shape index (κ1) is 11.8. The standard InChI is InChI=1S/C17H13N3O/c18-17(21)11-5-3-7-14-12(11)9-16(20-14)15-8-10-4-1-2-6-13(10)19-15/h1-9,19-20H,(H2,18,21). The highest BCUT2D eigenvalue weighted by Crippen LogP contribution is 2.28. The summed E-state index contributed by atoms with van der Waals surface area (Å²) in [4.78, 5) is 18.2. The van der Waals surface area contributed by atoms with E-state index < -0.39 is 5.91 Å². The topological polar surface area (TPSA) is 74.7 Å². The molecule has 4 aromatic rings. The van der Waals surface area contributed by atoms with Crippen LogP contribution in [-0.2, 0) is 0 Å². The quantitative estimate of drug-likeness (QED) is 0.515. The summed E-state index contributed by atoms with van der Waals surface area (Å²) < 4.78 is 0. The first-order valence-corrected chi connectivity index (χ1v) is 6.72. The lowest BCUT2D eigenvalue weighted by Gasteiger charge is -1.95. The van der Waals surface area contributed by atoms with Gasteiger partial charge in [-0.15, -0.1) is 0 Å². The van der Waals surface area contributed by atoms with Crippen molar-refractivity contribution in [1.29, 1.82) is 0 Å². The number of carbonyl (C=O) groups excluding carboxylic acids is 1. The maximum atomic E-state index is 11.5. The predicted octanol–water partition coefficient (Wildman–Crippen LogP) is 3.42. The number of benzene rings is 2. The number of aromatic nitrogens is 2. The Morgan fingerprint density at radius 2 is 1.57 bits per heavy atom. The molecule has 0 spiro atoms. The predicted molar refractivity (Wildman–Crippen MR) is 84.1 cm³/mol. The lowest BCUT2D eigenvalue weighted by molar-refractivity contribution is 0.100. The summed E-state index contributed by atoms with van der Waals surface area (Å²) >= 11 is 0. The minimum absolute atomic E-state index is 0.414. The third-order valence-corrected chi connectivity index (χ3v) is 3.75. The lowest BCUT2D eigenvalue weighted by atomic mass is 10.1. The van der Waals surface area contributed by atoms with Gasteiger partial charge in [0.1, 0.15) is 0 Å². The first-order valence-electron chi connectivity index (χ1n) is 6.72. The number of carbonyl (C=O) groups is 1. The van der Waals surface area contributed by atoms with Gasteiger partial charge in [-0.05, 0) is 30.3 Å². The SMILES string of the molecule is NC(=O)c1cccc2[nH]c(-c3cc4ccccc4[nH]3)cc12. The highest BCUT2D eigenvalue weighted by atomic mass is 16.1. The van der Waals surface area contributed by atoms with Crippen molar-refractivity contribution < 1.29 is 4.79 Å². The monoisotopic (exact) mass is 275 g/mol. The Morgan fingerprint density at radius 3 is 2.38 bits per heavy atom. The van der Waals surface area contributed by atoms with Crippen LogP contribution in [0, 0.1) is 0 Å². The number of para-hydroxylation sites is 1. The largest absolute Gasteiger partial charge is 0.366 e. The van der Waals surface area contributed by atoms with Crippen LogP contribution < -0.4 is 5.73 Å². The van der Waals surface area contributed by atoms with Crippen LogP contribution in [0.1, 0.15) is 10.4 Å². The summed E-state index contributed by atoms with van der Waals surface area (Å²) in [6, 6.07) is 17.7. The summed E-state index contributed by atoms with van der Waals surface area (Å²) in [7, 11) is 0. The van der Waals surface area contributed by atoms with Gasteiger partial charge in [-0.1, -0.05) is 24.3 Å². The minimum atomic E-state index is -0.414. The number of nitrogens with two attached hydrogens (primary N) is 1. The molecule has 4 nitrogen and oxygen atoms in total. The van der Waals surface area contributed by atoms with Crippen molar-refractivity contribution in [3.8, 4) is 11.4 Å². The van der Waals surface area contributed by atoms with Crippen LogP contribution in [-0.4, -0.2) is 15.9 Å². The summed E-state index contributed by atoms with van der Waals surface area (Å²) in [6.07, 6.45) is 0. The Morgan fingerprint density at radius 1 is 0.857 bits per heavy atom. The van der Waals surface area contributed by atoms with Gasteiger partial charge in [-0.25, -0.2) is 0 Å². The fourth-order valence-corrected chi connectivity index (χ4v) is 2.73. The summed E-state index contributed by atoms with van der Waals surface area (Å²) in [5, 5.41) is 2.00. The maximum Gasteiger partial charge on any atom is 0.249 e. The molecule has 0 bridgehead atoms. The van der Waals surface area contributed by atoms with Gasteiger partial charge < -0.3 is 15.7 Å². The molecule has 2 heterocycles. The maximum absolute atomic E-state index is 11.5. The van der Waals surface area contributed by atoms with Gasteiger partial charge in [0.15, 0.2) is 0 Å². The van der Waals surface area contributed by atoms with Crippen molar-refractivity contribution in [2.75, 3.05) is 0 Å². The molecule has 0 aliphatic carbocycles. The third kappa shape index (κ3) is 1.80. The van der Waals surface area contributed by atoms with Crippen molar-refractivity contribution in [2.45, 2.75) is 0 Å². The first-order chi connectivity index (χ1) is 10.2. The fraction of sp³-hybridized carbons (Fsp3) is 0. The van der Waals surface area contributed by atoms with E-state index in [1.807, 2.05) is 36.4 Å². The zero-order valence-electron chi connectivity index (χ0n) is 11.2. The number of hydrogen-bond acceptors (Lipinski definition) is 1. The molecule has 1 amide bonds. The van der Waals surface area contributed by atoms with Gasteiger partial charge >= 0.3 is 0 Å². The highest BCUT2D eigenvalue weighted by molar-refractivity contribution is 6.07. The van der Waals surface area contributed by atoms with Gasteiger partial charge in [-0.2, -0.15) is 0 Å². The Kier molecular flexibility index (Phi) is 2.38. The molecule has 0 fully saturated rings. The van der Waals surface area contributed by atoms with Crippen LogP contribution in [0.15, 0.2) is 54.6 Å². The highest BCUT2D eigenvalue weighted by Gasteiger charge is 2.11. The average molecular weight is 275 g/mol. The molecule has 4 heteroatoms. The second-order valence-corrected chi connectivity index (χ2v) is 5.08. The van der Waals surface area contributed by atoms with Crippen molar-refractivity contribution >= 4 is 27.7 Å². The molecule has 0 unspecified atom stereocenters. The molecular formula is C17H13N3O. The number of hydrogen-bond donors (Lipinski definition) is 3. The number of amides is 1. The van der Waals surface area contributed by atoms with Crippen molar-refractivity contribution in [3.63, 3.8) is 0 Å². The lowest BCUT2D eigenvalue weighted by Crippen LogP contribution is -2.10. The third-order valence-electron chi connectivity index (χ3n) is 3.75. The smallest absolute Gasteiger partial charge is 0.249 e. The molecule has 0 atom stereocenters. The van der Waals surface area contributed by atoms with Gasteiger partial charge in [0, 0.05) is 27.4 Å². The van der Waals surface area contributed by atoms with Crippen molar-refractivity contribution in [3.05, 3.63) is 60.2 Å². The Bertz CT molecular complexity index is 945. The number of aromatic amines is 2.